The van der Waals surface area contributed by atoms with Gasteiger partial charge in [-0.15, -0.1) is 24.8 Å². The Kier molecular flexibility index (Phi) is 8.24. The fourth-order valence-corrected chi connectivity index (χ4v) is 1.10. The van der Waals surface area contributed by atoms with E-state index >= 15 is 0 Å². The van der Waals surface area contributed by atoms with E-state index in [1.165, 1.54) is 0 Å². The lowest BCUT2D eigenvalue weighted by Gasteiger charge is -2.03. The second kappa shape index (κ2) is 7.49. The number of imidazole rings is 1. The van der Waals surface area contributed by atoms with Gasteiger partial charge >= 0.3 is 5.97 Å². The third-order valence-electron chi connectivity index (χ3n) is 1.95. The third kappa shape index (κ3) is 4.83. The molecule has 0 amide bonds. The van der Waals surface area contributed by atoms with Crippen LogP contribution in [0.3, 0.4) is 0 Å². The van der Waals surface area contributed by atoms with E-state index in [2.05, 4.69) is 9.97 Å². The van der Waals surface area contributed by atoms with Crippen molar-refractivity contribution < 1.29 is 9.90 Å². The van der Waals surface area contributed by atoms with Gasteiger partial charge in [0.05, 0.1) is 0 Å². The lowest BCUT2D eigenvalue weighted by molar-refractivity contribution is -0.138. The largest absolute Gasteiger partial charge is 0.480 e. The van der Waals surface area contributed by atoms with Crippen molar-refractivity contribution in [2.24, 2.45) is 5.73 Å². The minimum Gasteiger partial charge on any atom is -0.480 e. The zero-order chi connectivity index (χ0) is 10.7. The molecule has 0 spiro atoms. The van der Waals surface area contributed by atoms with E-state index in [0.29, 0.717) is 5.92 Å². The number of halogens is 2. The van der Waals surface area contributed by atoms with Crippen LogP contribution in [-0.2, 0) is 11.2 Å². The number of nitrogens with zero attached hydrogens (tertiary/aromatic N) is 1. The van der Waals surface area contributed by atoms with Gasteiger partial charge in [-0.25, -0.2) is 4.98 Å². The van der Waals surface area contributed by atoms with Crippen molar-refractivity contribution in [3.8, 4) is 0 Å². The molecule has 0 saturated heterocycles. The molecule has 0 saturated carbocycles. The molecule has 0 fully saturated rings. The summed E-state index contributed by atoms with van der Waals surface area (Å²) < 4.78 is 0. The maximum atomic E-state index is 10.5. The Labute approximate surface area is 107 Å². The van der Waals surface area contributed by atoms with Crippen LogP contribution in [0.25, 0.3) is 0 Å². The average molecular weight is 270 g/mol. The highest BCUT2D eigenvalue weighted by molar-refractivity contribution is 5.85. The van der Waals surface area contributed by atoms with Crippen molar-refractivity contribution >= 4 is 30.8 Å². The second-order valence-electron chi connectivity index (χ2n) is 3.60. The van der Waals surface area contributed by atoms with Crippen molar-refractivity contribution in [1.82, 2.24) is 9.97 Å². The maximum Gasteiger partial charge on any atom is 0.320 e. The van der Waals surface area contributed by atoms with E-state index in [9.17, 15) is 4.79 Å². The first-order chi connectivity index (χ1) is 6.50. The Bertz CT molecular complexity index is 328. The molecule has 1 aromatic heterocycles. The van der Waals surface area contributed by atoms with Crippen LogP contribution < -0.4 is 5.73 Å². The van der Waals surface area contributed by atoms with Gasteiger partial charge < -0.3 is 15.8 Å². The topological polar surface area (TPSA) is 92.0 Å². The molecule has 1 rings (SSSR count). The Morgan fingerprint density at radius 3 is 2.50 bits per heavy atom. The molecule has 1 aromatic rings. The van der Waals surface area contributed by atoms with Crippen LogP contribution in [0, 0.1) is 0 Å². The van der Waals surface area contributed by atoms with Crippen LogP contribution >= 0.6 is 24.8 Å². The van der Waals surface area contributed by atoms with E-state index < -0.39 is 12.0 Å². The number of rotatable bonds is 4. The van der Waals surface area contributed by atoms with Gasteiger partial charge in [0.2, 0.25) is 0 Å². The first-order valence-corrected chi connectivity index (χ1v) is 4.53. The van der Waals surface area contributed by atoms with Crippen LogP contribution in [0.2, 0.25) is 0 Å². The highest BCUT2D eigenvalue weighted by atomic mass is 35.5. The van der Waals surface area contributed by atoms with Crippen molar-refractivity contribution in [2.45, 2.75) is 32.2 Å². The standard InChI is InChI=1S/C9H15N3O2.2ClH/c1-5(2)8-11-4-6(12-8)3-7(10)9(13)14;;/h4-5,7H,3,10H2,1-2H3,(H,11,12)(H,13,14);2*1H. The van der Waals surface area contributed by atoms with E-state index in [0.717, 1.165) is 11.5 Å². The van der Waals surface area contributed by atoms with Gasteiger partial charge in [0.25, 0.3) is 0 Å². The average Bonchev–Trinajstić information content (AvgIpc) is 2.52. The Hall–Kier alpha value is -0.780. The van der Waals surface area contributed by atoms with Gasteiger partial charge in [0, 0.05) is 24.2 Å². The van der Waals surface area contributed by atoms with Crippen molar-refractivity contribution in [1.29, 1.82) is 0 Å². The highest BCUT2D eigenvalue weighted by Crippen LogP contribution is 2.10. The zero-order valence-electron chi connectivity index (χ0n) is 9.14. The number of aromatic amines is 1. The summed E-state index contributed by atoms with van der Waals surface area (Å²) >= 11 is 0. The lowest BCUT2D eigenvalue weighted by Crippen LogP contribution is -2.32. The number of nitrogens with two attached hydrogens (primary N) is 1. The number of carboxylic acids is 1. The van der Waals surface area contributed by atoms with Crippen LogP contribution in [0.1, 0.15) is 31.3 Å². The summed E-state index contributed by atoms with van der Waals surface area (Å²) in [5.41, 5.74) is 6.15. The van der Waals surface area contributed by atoms with Gasteiger partial charge in [-0.3, -0.25) is 4.79 Å². The Morgan fingerprint density at radius 1 is 1.56 bits per heavy atom. The summed E-state index contributed by atoms with van der Waals surface area (Å²) in [6, 6.07) is -0.865. The van der Waals surface area contributed by atoms with Gasteiger partial charge in [-0.2, -0.15) is 0 Å². The number of hydrogen-bond donors (Lipinski definition) is 3. The quantitative estimate of drug-likeness (QED) is 0.769. The molecule has 1 unspecified atom stereocenters. The highest BCUT2D eigenvalue weighted by Gasteiger charge is 2.14. The van der Waals surface area contributed by atoms with Gasteiger partial charge in [-0.05, 0) is 0 Å². The number of aromatic nitrogens is 2. The normalized spacial score (nSPS) is 11.5. The number of carbonyl (C=O) groups is 1. The molecular weight excluding hydrogens is 253 g/mol. The molecule has 1 atom stereocenters. The van der Waals surface area contributed by atoms with Crippen molar-refractivity contribution in [3.63, 3.8) is 0 Å². The van der Waals surface area contributed by atoms with Crippen LogP contribution in [0.4, 0.5) is 0 Å². The molecule has 7 heteroatoms. The molecule has 5 nitrogen and oxygen atoms in total. The van der Waals surface area contributed by atoms with E-state index in [-0.39, 0.29) is 31.2 Å². The number of H-pyrrole nitrogens is 1. The van der Waals surface area contributed by atoms with Gasteiger partial charge in [0.1, 0.15) is 11.9 Å². The Morgan fingerprint density at radius 2 is 2.12 bits per heavy atom. The molecule has 16 heavy (non-hydrogen) atoms. The number of hydrogen-bond acceptors (Lipinski definition) is 3. The molecule has 0 aliphatic carbocycles. The molecule has 4 N–H and O–H groups in total. The molecule has 94 valence electrons. The third-order valence-corrected chi connectivity index (χ3v) is 1.95. The minimum atomic E-state index is -0.995. The first kappa shape index (κ1) is 17.6. The number of aliphatic carboxylic acids is 1. The summed E-state index contributed by atoms with van der Waals surface area (Å²) in [7, 11) is 0. The van der Waals surface area contributed by atoms with E-state index in [1.54, 1.807) is 6.20 Å². The molecular formula is C9H17Cl2N3O2. The molecule has 0 bridgehead atoms. The van der Waals surface area contributed by atoms with Gasteiger partial charge in [-0.1, -0.05) is 13.8 Å². The van der Waals surface area contributed by atoms with Gasteiger partial charge in [0.15, 0.2) is 0 Å². The monoisotopic (exact) mass is 269 g/mol. The summed E-state index contributed by atoms with van der Waals surface area (Å²) in [5.74, 6) is 0.174. The van der Waals surface area contributed by atoms with Crippen LogP contribution in [-0.4, -0.2) is 27.1 Å². The molecule has 0 aliphatic heterocycles. The SMILES string of the molecule is CC(C)c1ncc(CC(N)C(=O)O)[nH]1.Cl.Cl. The van der Waals surface area contributed by atoms with Crippen molar-refractivity contribution in [2.75, 3.05) is 0 Å². The number of carboxylic acid groups (broad SMARTS) is 1. The molecule has 0 aromatic carbocycles. The first-order valence-electron chi connectivity index (χ1n) is 4.53. The Balaban J connectivity index is 0. The maximum absolute atomic E-state index is 10.5. The van der Waals surface area contributed by atoms with E-state index in [1.807, 2.05) is 13.8 Å². The smallest absolute Gasteiger partial charge is 0.320 e. The molecule has 0 aliphatic rings. The van der Waals surface area contributed by atoms with Crippen LogP contribution in [0.5, 0.6) is 0 Å². The summed E-state index contributed by atoms with van der Waals surface area (Å²) in [6.07, 6.45) is 1.92. The lowest BCUT2D eigenvalue weighted by atomic mass is 10.2. The summed E-state index contributed by atoms with van der Waals surface area (Å²) in [6.45, 7) is 4.03. The molecule has 1 heterocycles. The number of nitrogens with one attached hydrogen (secondary N) is 1. The predicted molar refractivity (Wildman–Crippen MR) is 66.5 cm³/mol. The summed E-state index contributed by atoms with van der Waals surface area (Å²) in [4.78, 5) is 17.7. The minimum absolute atomic E-state index is 0. The van der Waals surface area contributed by atoms with E-state index in [4.69, 9.17) is 10.8 Å². The summed E-state index contributed by atoms with van der Waals surface area (Å²) in [5, 5.41) is 8.60. The zero-order valence-corrected chi connectivity index (χ0v) is 10.8. The van der Waals surface area contributed by atoms with Crippen LogP contribution in [0.15, 0.2) is 6.20 Å². The van der Waals surface area contributed by atoms with Crippen molar-refractivity contribution in [3.05, 3.63) is 17.7 Å². The predicted octanol–water partition coefficient (Wildman–Crippen LogP) is 1.33. The second-order valence-corrected chi connectivity index (χ2v) is 3.60. The fourth-order valence-electron chi connectivity index (χ4n) is 1.10. The molecule has 0 radical (unpaired) electrons. The fraction of sp³-hybridized carbons (Fsp3) is 0.556.